The largest absolute Gasteiger partial charge is 0.307 e. The van der Waals surface area contributed by atoms with Crippen LogP contribution in [0.3, 0.4) is 0 Å². The van der Waals surface area contributed by atoms with Crippen LogP contribution < -0.4 is 5.32 Å². The van der Waals surface area contributed by atoms with Crippen molar-refractivity contribution >= 4 is 22.8 Å². The number of hydrogen-bond donors (Lipinski definition) is 2. The van der Waals surface area contributed by atoms with Gasteiger partial charge in [-0.15, -0.1) is 0 Å². The summed E-state index contributed by atoms with van der Waals surface area (Å²) < 4.78 is 0. The van der Waals surface area contributed by atoms with Gasteiger partial charge < -0.3 is 5.32 Å². The molecule has 0 aliphatic heterocycles. The summed E-state index contributed by atoms with van der Waals surface area (Å²) in [6.45, 7) is 0. The van der Waals surface area contributed by atoms with Gasteiger partial charge in [0.15, 0.2) is 0 Å². The zero-order chi connectivity index (χ0) is 12.4. The van der Waals surface area contributed by atoms with Crippen molar-refractivity contribution in [1.82, 2.24) is 20.2 Å². The molecule has 2 N–H and O–H groups in total. The van der Waals surface area contributed by atoms with Crippen LogP contribution in [0.5, 0.6) is 0 Å². The number of aromatic nitrogens is 4. The van der Waals surface area contributed by atoms with E-state index in [4.69, 9.17) is 0 Å². The molecule has 6 heteroatoms. The molecule has 0 unspecified atom stereocenters. The van der Waals surface area contributed by atoms with Crippen LogP contribution in [0.4, 0.5) is 5.82 Å². The molecule has 88 valence electrons. The second kappa shape index (κ2) is 4.25. The number of hydrogen-bond acceptors (Lipinski definition) is 4. The van der Waals surface area contributed by atoms with E-state index in [1.54, 1.807) is 36.8 Å². The number of aromatic amines is 1. The zero-order valence-corrected chi connectivity index (χ0v) is 9.29. The first-order valence-electron chi connectivity index (χ1n) is 5.35. The average Bonchev–Trinajstić information content (AvgIpc) is 2.91. The molecule has 0 fully saturated rings. The van der Waals surface area contributed by atoms with Gasteiger partial charge in [-0.3, -0.25) is 19.9 Å². The number of anilines is 1. The summed E-state index contributed by atoms with van der Waals surface area (Å²) in [5.41, 5.74) is 1.75. The van der Waals surface area contributed by atoms with E-state index in [1.807, 2.05) is 6.07 Å². The Hall–Kier alpha value is -2.76. The number of benzene rings is 1. The van der Waals surface area contributed by atoms with Crippen molar-refractivity contribution < 1.29 is 4.79 Å². The van der Waals surface area contributed by atoms with Crippen LogP contribution in [0.15, 0.2) is 42.9 Å². The fraction of sp³-hybridized carbons (Fsp3) is 0. The number of nitrogens with zero attached hydrogens (tertiary/aromatic N) is 3. The predicted octanol–water partition coefficient (Wildman–Crippen LogP) is 1.61. The molecule has 18 heavy (non-hydrogen) atoms. The highest BCUT2D eigenvalue weighted by Crippen LogP contribution is 2.15. The van der Waals surface area contributed by atoms with Gasteiger partial charge in [0, 0.05) is 18.5 Å². The highest BCUT2D eigenvalue weighted by molar-refractivity contribution is 6.10. The van der Waals surface area contributed by atoms with Gasteiger partial charge in [-0.25, -0.2) is 0 Å². The molecule has 6 nitrogen and oxygen atoms in total. The topological polar surface area (TPSA) is 83.6 Å². The van der Waals surface area contributed by atoms with Crippen LogP contribution in [-0.2, 0) is 0 Å². The van der Waals surface area contributed by atoms with Crippen molar-refractivity contribution in [3.8, 4) is 0 Å². The first-order chi connectivity index (χ1) is 8.84. The minimum absolute atomic E-state index is 0.245. The highest BCUT2D eigenvalue weighted by atomic mass is 16.1. The standard InChI is InChI=1S/C12H9N5O/c18-12(16-10-4-5-15-17-10)8-2-1-3-9-11(8)14-7-6-13-9/h1-7H,(H2,15,16,17,18). The monoisotopic (exact) mass is 239 g/mol. The molecular weight excluding hydrogens is 230 g/mol. The summed E-state index contributed by atoms with van der Waals surface area (Å²) in [7, 11) is 0. The molecule has 2 heterocycles. The van der Waals surface area contributed by atoms with E-state index >= 15 is 0 Å². The Bertz CT molecular complexity index is 687. The van der Waals surface area contributed by atoms with Gasteiger partial charge in [0.25, 0.3) is 5.91 Å². The Morgan fingerprint density at radius 2 is 2.00 bits per heavy atom. The van der Waals surface area contributed by atoms with Gasteiger partial charge in [-0.2, -0.15) is 5.10 Å². The molecule has 0 aliphatic rings. The second-order valence-corrected chi connectivity index (χ2v) is 3.65. The van der Waals surface area contributed by atoms with Crippen molar-refractivity contribution in [3.05, 3.63) is 48.4 Å². The van der Waals surface area contributed by atoms with Crippen LogP contribution in [0.1, 0.15) is 10.4 Å². The molecule has 0 saturated heterocycles. The van der Waals surface area contributed by atoms with Gasteiger partial charge in [-0.1, -0.05) is 6.07 Å². The molecule has 2 aromatic heterocycles. The number of carbonyl (C=O) groups excluding carboxylic acids is 1. The summed E-state index contributed by atoms with van der Waals surface area (Å²) in [4.78, 5) is 20.4. The third-order valence-corrected chi connectivity index (χ3v) is 2.49. The average molecular weight is 239 g/mol. The fourth-order valence-corrected chi connectivity index (χ4v) is 1.69. The number of H-pyrrole nitrogens is 1. The lowest BCUT2D eigenvalue weighted by molar-refractivity contribution is 0.102. The minimum Gasteiger partial charge on any atom is -0.307 e. The van der Waals surface area contributed by atoms with E-state index in [9.17, 15) is 4.79 Å². The second-order valence-electron chi connectivity index (χ2n) is 3.65. The summed E-state index contributed by atoms with van der Waals surface area (Å²) in [6.07, 6.45) is 4.73. The maximum Gasteiger partial charge on any atom is 0.259 e. The number of fused-ring (bicyclic) bond motifs is 1. The third kappa shape index (κ3) is 1.80. The molecule has 3 rings (SSSR count). The van der Waals surface area contributed by atoms with Gasteiger partial charge in [0.2, 0.25) is 0 Å². The highest BCUT2D eigenvalue weighted by Gasteiger charge is 2.11. The lowest BCUT2D eigenvalue weighted by Gasteiger charge is -2.04. The van der Waals surface area contributed by atoms with Crippen molar-refractivity contribution in [2.45, 2.75) is 0 Å². The molecule has 0 aliphatic carbocycles. The molecule has 0 saturated carbocycles. The molecule has 0 bridgehead atoms. The molecule has 0 radical (unpaired) electrons. The van der Waals surface area contributed by atoms with E-state index in [0.29, 0.717) is 22.4 Å². The van der Waals surface area contributed by atoms with E-state index in [1.165, 1.54) is 0 Å². The Kier molecular flexibility index (Phi) is 2.45. The van der Waals surface area contributed by atoms with Crippen LogP contribution >= 0.6 is 0 Å². The fourth-order valence-electron chi connectivity index (χ4n) is 1.69. The number of nitrogens with one attached hydrogen (secondary N) is 2. The number of amides is 1. The molecule has 1 amide bonds. The van der Waals surface area contributed by atoms with E-state index in [-0.39, 0.29) is 5.91 Å². The molecular formula is C12H9N5O. The Morgan fingerprint density at radius 3 is 2.83 bits per heavy atom. The first-order valence-corrected chi connectivity index (χ1v) is 5.35. The first kappa shape index (κ1) is 10.4. The summed E-state index contributed by atoms with van der Waals surface area (Å²) in [5, 5.41) is 9.14. The van der Waals surface area contributed by atoms with Crippen LogP contribution in [-0.4, -0.2) is 26.1 Å². The minimum atomic E-state index is -0.245. The zero-order valence-electron chi connectivity index (χ0n) is 9.29. The normalized spacial score (nSPS) is 10.4. The summed E-state index contributed by atoms with van der Waals surface area (Å²) in [6, 6.07) is 6.98. The van der Waals surface area contributed by atoms with Gasteiger partial charge in [0.1, 0.15) is 11.3 Å². The Balaban J connectivity index is 2.01. The lowest BCUT2D eigenvalue weighted by Crippen LogP contribution is -2.13. The molecule has 3 aromatic rings. The Morgan fingerprint density at radius 1 is 1.11 bits per heavy atom. The predicted molar refractivity (Wildman–Crippen MR) is 66.1 cm³/mol. The van der Waals surface area contributed by atoms with E-state index in [0.717, 1.165) is 0 Å². The van der Waals surface area contributed by atoms with Crippen molar-refractivity contribution in [2.24, 2.45) is 0 Å². The quantitative estimate of drug-likeness (QED) is 0.711. The number of para-hydroxylation sites is 1. The van der Waals surface area contributed by atoms with Gasteiger partial charge in [-0.05, 0) is 12.1 Å². The van der Waals surface area contributed by atoms with Crippen LogP contribution in [0.2, 0.25) is 0 Å². The lowest BCUT2D eigenvalue weighted by atomic mass is 10.1. The summed E-state index contributed by atoms with van der Waals surface area (Å²) >= 11 is 0. The van der Waals surface area contributed by atoms with Crippen LogP contribution in [0.25, 0.3) is 11.0 Å². The Labute approximate surface area is 102 Å². The third-order valence-electron chi connectivity index (χ3n) is 2.49. The number of rotatable bonds is 2. The molecule has 0 atom stereocenters. The van der Waals surface area contributed by atoms with E-state index < -0.39 is 0 Å². The van der Waals surface area contributed by atoms with Crippen molar-refractivity contribution in [1.29, 1.82) is 0 Å². The van der Waals surface area contributed by atoms with Crippen LogP contribution in [0, 0.1) is 0 Å². The maximum atomic E-state index is 12.1. The number of carbonyl (C=O) groups is 1. The van der Waals surface area contributed by atoms with E-state index in [2.05, 4.69) is 25.5 Å². The molecule has 0 spiro atoms. The SMILES string of the molecule is O=C(Nc1ccn[nH]1)c1cccc2nccnc12. The van der Waals surface area contributed by atoms with Crippen molar-refractivity contribution in [2.75, 3.05) is 5.32 Å². The smallest absolute Gasteiger partial charge is 0.259 e. The summed E-state index contributed by atoms with van der Waals surface area (Å²) in [5.74, 6) is 0.297. The van der Waals surface area contributed by atoms with Gasteiger partial charge >= 0.3 is 0 Å². The maximum absolute atomic E-state index is 12.1. The van der Waals surface area contributed by atoms with Crippen molar-refractivity contribution in [3.63, 3.8) is 0 Å². The molecule has 1 aromatic carbocycles. The van der Waals surface area contributed by atoms with Gasteiger partial charge in [0.05, 0.1) is 17.3 Å².